The van der Waals surface area contributed by atoms with E-state index in [4.69, 9.17) is 0 Å². The van der Waals surface area contributed by atoms with Gasteiger partial charge in [0.05, 0.1) is 16.8 Å². The fourth-order valence-electron chi connectivity index (χ4n) is 2.41. The molecule has 0 saturated heterocycles. The van der Waals surface area contributed by atoms with Crippen LogP contribution in [0.4, 0.5) is 5.69 Å². The maximum Gasteiger partial charge on any atom is 0.229 e. The summed E-state index contributed by atoms with van der Waals surface area (Å²) in [4.78, 5) is 12.5. The zero-order chi connectivity index (χ0) is 21.2. The maximum atomic E-state index is 12.5. The number of hydrogen-bond acceptors (Lipinski definition) is 5. The summed E-state index contributed by atoms with van der Waals surface area (Å²) in [5.41, 5.74) is 2.32. The third-order valence-electron chi connectivity index (χ3n) is 4.19. The van der Waals surface area contributed by atoms with Crippen molar-refractivity contribution in [2.45, 2.75) is 37.7 Å². The molecule has 28 heavy (non-hydrogen) atoms. The molecule has 0 aliphatic carbocycles. The largest absolute Gasteiger partial charge is 0.294 e. The Bertz CT molecular complexity index is 1050. The third-order valence-corrected chi connectivity index (χ3v) is 7.37. The average molecular weight is 424 g/mol. The topological polar surface area (TPSA) is 97.4 Å². The molecule has 0 bridgehead atoms. The molecule has 0 heterocycles. The molecule has 2 aromatic rings. The fraction of sp³-hybridized carbons (Fsp3) is 0.350. The van der Waals surface area contributed by atoms with Crippen LogP contribution < -0.4 is 4.72 Å². The molecule has 8 heteroatoms. The molecule has 6 nitrogen and oxygen atoms in total. The van der Waals surface area contributed by atoms with Gasteiger partial charge in [-0.1, -0.05) is 36.4 Å². The molecule has 152 valence electrons. The predicted octanol–water partition coefficient (Wildman–Crippen LogP) is 3.20. The van der Waals surface area contributed by atoms with E-state index >= 15 is 0 Å². The van der Waals surface area contributed by atoms with E-state index in [1.165, 1.54) is 0 Å². The first-order chi connectivity index (χ1) is 12.8. The van der Waals surface area contributed by atoms with Crippen LogP contribution in [0.25, 0.3) is 0 Å². The second-order valence-corrected chi connectivity index (χ2v) is 12.2. The normalized spacial score (nSPS) is 12.6. The van der Waals surface area contributed by atoms with Gasteiger partial charge in [0.2, 0.25) is 10.0 Å². The second-order valence-electron chi connectivity index (χ2n) is 7.74. The standard InChI is InChI=1S/C20H25NO5S2/c1-20(2,3)28(25,26)14-16-5-9-17(10-6-16)19(22)13-15-7-11-18(12-8-15)21-27(4,23)24/h5-12,21H,13-14H2,1-4H3. The molecule has 0 amide bonds. The number of nitrogens with one attached hydrogen (secondary N) is 1. The van der Waals surface area contributed by atoms with Crippen molar-refractivity contribution >= 4 is 31.3 Å². The van der Waals surface area contributed by atoms with E-state index in [0.29, 0.717) is 16.8 Å². The molecule has 0 aromatic heterocycles. The van der Waals surface area contributed by atoms with Crippen LogP contribution in [0.5, 0.6) is 0 Å². The van der Waals surface area contributed by atoms with Gasteiger partial charge in [-0.25, -0.2) is 16.8 Å². The molecule has 0 saturated carbocycles. The lowest BCUT2D eigenvalue weighted by Gasteiger charge is -2.19. The first kappa shape index (κ1) is 22.1. The Morgan fingerprint density at radius 1 is 0.857 bits per heavy atom. The van der Waals surface area contributed by atoms with E-state index in [1.807, 2.05) is 0 Å². The average Bonchev–Trinajstić information content (AvgIpc) is 2.54. The van der Waals surface area contributed by atoms with Crippen molar-refractivity contribution in [1.82, 2.24) is 0 Å². The molecule has 2 rings (SSSR count). The van der Waals surface area contributed by atoms with E-state index in [0.717, 1.165) is 11.8 Å². The Morgan fingerprint density at radius 2 is 1.36 bits per heavy atom. The molecule has 0 fully saturated rings. The molecule has 0 radical (unpaired) electrons. The van der Waals surface area contributed by atoms with Crippen molar-refractivity contribution in [2.75, 3.05) is 11.0 Å². The van der Waals surface area contributed by atoms with Crippen LogP contribution in [0.3, 0.4) is 0 Å². The number of Topliss-reactive ketones (excluding diaryl/α,β-unsaturated/α-hetero) is 1. The number of anilines is 1. The van der Waals surface area contributed by atoms with Gasteiger partial charge in [0.25, 0.3) is 0 Å². The molecule has 0 aliphatic heterocycles. The summed E-state index contributed by atoms with van der Waals surface area (Å²) in [5.74, 6) is -0.172. The van der Waals surface area contributed by atoms with Gasteiger partial charge < -0.3 is 0 Å². The molecule has 1 N–H and O–H groups in total. The van der Waals surface area contributed by atoms with Crippen LogP contribution in [-0.4, -0.2) is 33.6 Å². The zero-order valence-electron chi connectivity index (χ0n) is 16.4. The van der Waals surface area contributed by atoms with Gasteiger partial charge in [-0.05, 0) is 44.0 Å². The van der Waals surface area contributed by atoms with Crippen molar-refractivity contribution in [3.8, 4) is 0 Å². The van der Waals surface area contributed by atoms with E-state index in [1.54, 1.807) is 69.3 Å². The molecule has 0 unspecified atom stereocenters. The van der Waals surface area contributed by atoms with Gasteiger partial charge in [-0.2, -0.15) is 0 Å². The number of rotatable bonds is 7. The number of hydrogen-bond donors (Lipinski definition) is 1. The minimum absolute atomic E-state index is 0.0697. The summed E-state index contributed by atoms with van der Waals surface area (Å²) in [6, 6.07) is 13.2. The number of ketones is 1. The minimum atomic E-state index is -3.34. The summed E-state index contributed by atoms with van der Waals surface area (Å²) in [6.07, 6.45) is 1.24. The highest BCUT2D eigenvalue weighted by Crippen LogP contribution is 2.21. The molecule has 0 aliphatic rings. The number of sulfonamides is 1. The van der Waals surface area contributed by atoms with Gasteiger partial charge in [0, 0.05) is 17.7 Å². The summed E-state index contributed by atoms with van der Waals surface area (Å²) >= 11 is 0. The van der Waals surface area contributed by atoms with Crippen LogP contribution in [0.2, 0.25) is 0 Å². The van der Waals surface area contributed by atoms with Crippen molar-refractivity contribution in [2.24, 2.45) is 0 Å². The third kappa shape index (κ3) is 6.17. The monoisotopic (exact) mass is 423 g/mol. The highest BCUT2D eigenvalue weighted by Gasteiger charge is 2.28. The van der Waals surface area contributed by atoms with Crippen molar-refractivity contribution in [3.05, 3.63) is 65.2 Å². The predicted molar refractivity (Wildman–Crippen MR) is 112 cm³/mol. The van der Waals surface area contributed by atoms with Gasteiger partial charge in [-0.3, -0.25) is 9.52 Å². The van der Waals surface area contributed by atoms with Gasteiger partial charge in [0.15, 0.2) is 15.6 Å². The summed E-state index contributed by atoms with van der Waals surface area (Å²) in [6.45, 7) is 4.99. The molecular weight excluding hydrogens is 398 g/mol. The van der Waals surface area contributed by atoms with Gasteiger partial charge >= 0.3 is 0 Å². The van der Waals surface area contributed by atoms with Crippen molar-refractivity contribution < 1.29 is 21.6 Å². The number of sulfone groups is 1. The zero-order valence-corrected chi connectivity index (χ0v) is 18.0. The van der Waals surface area contributed by atoms with Crippen LogP contribution in [-0.2, 0) is 32.0 Å². The van der Waals surface area contributed by atoms with E-state index in [9.17, 15) is 21.6 Å². The number of benzene rings is 2. The molecule has 0 atom stereocenters. The molecule has 0 spiro atoms. The minimum Gasteiger partial charge on any atom is -0.294 e. The Kier molecular flexibility index (Phi) is 6.35. The van der Waals surface area contributed by atoms with Crippen LogP contribution in [0.1, 0.15) is 42.3 Å². The smallest absolute Gasteiger partial charge is 0.229 e. The first-order valence-electron chi connectivity index (χ1n) is 8.68. The maximum absolute atomic E-state index is 12.5. The van der Waals surface area contributed by atoms with Crippen LogP contribution in [0, 0.1) is 0 Å². The van der Waals surface area contributed by atoms with Gasteiger partial charge in [-0.15, -0.1) is 0 Å². The Hall–Kier alpha value is -2.19. The summed E-state index contributed by atoms with van der Waals surface area (Å²) in [7, 11) is -6.63. The van der Waals surface area contributed by atoms with Crippen molar-refractivity contribution in [1.29, 1.82) is 0 Å². The lowest BCUT2D eigenvalue weighted by molar-refractivity contribution is 0.0993. The second kappa shape index (κ2) is 8.05. The number of carbonyl (C=O) groups is 1. The quantitative estimate of drug-likeness (QED) is 0.690. The number of carbonyl (C=O) groups excluding carboxylic acids is 1. The Balaban J connectivity index is 2.05. The molecule has 2 aromatic carbocycles. The fourth-order valence-corrected chi connectivity index (χ4v) is 4.04. The molecular formula is C20H25NO5S2. The Labute approximate surface area is 167 Å². The highest BCUT2D eigenvalue weighted by molar-refractivity contribution is 7.92. The van der Waals surface area contributed by atoms with Crippen molar-refractivity contribution in [3.63, 3.8) is 0 Å². The van der Waals surface area contributed by atoms with E-state index in [-0.39, 0.29) is 18.0 Å². The van der Waals surface area contributed by atoms with Crippen LogP contribution >= 0.6 is 0 Å². The van der Waals surface area contributed by atoms with Gasteiger partial charge in [0.1, 0.15) is 0 Å². The summed E-state index contributed by atoms with van der Waals surface area (Å²) < 4.78 is 48.5. The lowest BCUT2D eigenvalue weighted by atomic mass is 10.0. The first-order valence-corrected chi connectivity index (χ1v) is 12.2. The Morgan fingerprint density at radius 3 is 1.82 bits per heavy atom. The SMILES string of the molecule is CC(C)(C)S(=O)(=O)Cc1ccc(C(=O)Cc2ccc(NS(C)(=O)=O)cc2)cc1. The lowest BCUT2D eigenvalue weighted by Crippen LogP contribution is -2.29. The summed E-state index contributed by atoms with van der Waals surface area (Å²) in [5, 5.41) is 0. The van der Waals surface area contributed by atoms with E-state index < -0.39 is 24.6 Å². The highest BCUT2D eigenvalue weighted by atomic mass is 32.2. The van der Waals surface area contributed by atoms with Crippen LogP contribution in [0.15, 0.2) is 48.5 Å². The van der Waals surface area contributed by atoms with E-state index in [2.05, 4.69) is 4.72 Å².